The highest BCUT2D eigenvalue weighted by Crippen LogP contribution is 2.24. The van der Waals surface area contributed by atoms with Crippen molar-refractivity contribution >= 4 is 5.91 Å². The lowest BCUT2D eigenvalue weighted by atomic mass is 10.1. The molecule has 1 unspecified atom stereocenters. The number of nitrogens with zero attached hydrogens (tertiary/aromatic N) is 3. The lowest BCUT2D eigenvalue weighted by Gasteiger charge is -2.26. The van der Waals surface area contributed by atoms with E-state index in [9.17, 15) is 4.79 Å². The van der Waals surface area contributed by atoms with Crippen LogP contribution in [0, 0.1) is 0 Å². The molecule has 0 aliphatic carbocycles. The molecule has 1 fully saturated rings. The van der Waals surface area contributed by atoms with Crippen LogP contribution in [0.3, 0.4) is 0 Å². The molecular weight excluding hydrogens is 292 g/mol. The zero-order valence-corrected chi connectivity index (χ0v) is 13.4. The molecule has 6 nitrogen and oxygen atoms in total. The standard InChI is InChI=1S/C17H22N4O2/c1-2-14-10-15(23-20-14)12-19-17(22)16(21-8-3-4-9-21)13-6-5-7-18-11-13/h5-7,10-11,16H,2-4,8-9,12H2,1H3,(H,19,22). The largest absolute Gasteiger partial charge is 0.359 e. The van der Waals surface area contributed by atoms with Crippen LogP contribution < -0.4 is 5.32 Å². The van der Waals surface area contributed by atoms with Crippen molar-refractivity contribution in [3.63, 3.8) is 0 Å². The molecule has 1 atom stereocenters. The topological polar surface area (TPSA) is 71.3 Å². The molecule has 0 aromatic carbocycles. The van der Waals surface area contributed by atoms with Crippen LogP contribution in [0.5, 0.6) is 0 Å². The van der Waals surface area contributed by atoms with Gasteiger partial charge in [-0.25, -0.2) is 0 Å². The summed E-state index contributed by atoms with van der Waals surface area (Å²) in [5.74, 6) is 0.663. The molecule has 0 radical (unpaired) electrons. The van der Waals surface area contributed by atoms with Crippen LogP contribution >= 0.6 is 0 Å². The minimum Gasteiger partial charge on any atom is -0.359 e. The molecule has 1 aliphatic rings. The Bertz CT molecular complexity index is 635. The quantitative estimate of drug-likeness (QED) is 0.884. The number of nitrogens with one attached hydrogen (secondary N) is 1. The van der Waals surface area contributed by atoms with E-state index in [1.54, 1.807) is 12.4 Å². The maximum Gasteiger partial charge on any atom is 0.242 e. The Morgan fingerprint density at radius 2 is 2.26 bits per heavy atom. The van der Waals surface area contributed by atoms with Gasteiger partial charge in [0.15, 0.2) is 5.76 Å². The Kier molecular flexibility index (Phi) is 5.02. The second-order valence-electron chi connectivity index (χ2n) is 5.79. The first kappa shape index (κ1) is 15.7. The number of carbonyl (C=O) groups is 1. The summed E-state index contributed by atoms with van der Waals surface area (Å²) >= 11 is 0. The number of likely N-dealkylation sites (tertiary alicyclic amines) is 1. The van der Waals surface area contributed by atoms with Crippen LogP contribution in [-0.2, 0) is 17.8 Å². The summed E-state index contributed by atoms with van der Waals surface area (Å²) in [6, 6.07) is 5.42. The van der Waals surface area contributed by atoms with Crippen LogP contribution in [0.15, 0.2) is 35.1 Å². The van der Waals surface area contributed by atoms with Crippen molar-refractivity contribution in [2.24, 2.45) is 0 Å². The first-order valence-corrected chi connectivity index (χ1v) is 8.14. The van der Waals surface area contributed by atoms with Gasteiger partial charge >= 0.3 is 0 Å². The van der Waals surface area contributed by atoms with Crippen molar-refractivity contribution in [3.05, 3.63) is 47.6 Å². The van der Waals surface area contributed by atoms with Gasteiger partial charge in [0, 0.05) is 18.5 Å². The molecule has 23 heavy (non-hydrogen) atoms. The average Bonchev–Trinajstić information content (AvgIpc) is 3.26. The normalized spacial score (nSPS) is 16.4. The Morgan fingerprint density at radius 3 is 2.91 bits per heavy atom. The highest BCUT2D eigenvalue weighted by molar-refractivity contribution is 5.83. The number of hydrogen-bond donors (Lipinski definition) is 1. The molecule has 1 saturated heterocycles. The van der Waals surface area contributed by atoms with Crippen molar-refractivity contribution in [2.45, 2.75) is 38.8 Å². The summed E-state index contributed by atoms with van der Waals surface area (Å²) in [7, 11) is 0. The number of carbonyl (C=O) groups excluding carboxylic acids is 1. The first-order chi connectivity index (χ1) is 11.3. The number of aromatic nitrogens is 2. The minimum absolute atomic E-state index is 0.0191. The Balaban J connectivity index is 1.69. The van der Waals surface area contributed by atoms with E-state index in [1.807, 2.05) is 25.1 Å². The summed E-state index contributed by atoms with van der Waals surface area (Å²) in [5.41, 5.74) is 1.83. The third-order valence-corrected chi connectivity index (χ3v) is 4.16. The van der Waals surface area contributed by atoms with Crippen molar-refractivity contribution < 1.29 is 9.32 Å². The number of aryl methyl sites for hydroxylation is 1. The second kappa shape index (κ2) is 7.37. The minimum atomic E-state index is -0.292. The number of pyridine rings is 1. The Hall–Kier alpha value is -2.21. The van der Waals surface area contributed by atoms with Gasteiger partial charge in [-0.05, 0) is 44.0 Å². The smallest absolute Gasteiger partial charge is 0.242 e. The molecule has 0 spiro atoms. The van der Waals surface area contributed by atoms with Gasteiger partial charge in [-0.15, -0.1) is 0 Å². The molecule has 2 aromatic heterocycles. The van der Waals surface area contributed by atoms with Crippen molar-refractivity contribution in [2.75, 3.05) is 13.1 Å². The monoisotopic (exact) mass is 314 g/mol. The molecule has 0 bridgehead atoms. The number of amides is 1. The van der Waals surface area contributed by atoms with Gasteiger partial charge in [0.1, 0.15) is 6.04 Å². The summed E-state index contributed by atoms with van der Waals surface area (Å²) in [5, 5.41) is 6.92. The van der Waals surface area contributed by atoms with Crippen molar-refractivity contribution in [1.82, 2.24) is 20.4 Å². The van der Waals surface area contributed by atoms with E-state index < -0.39 is 0 Å². The van der Waals surface area contributed by atoms with E-state index in [4.69, 9.17) is 4.52 Å². The van der Waals surface area contributed by atoms with Crippen LogP contribution in [0.4, 0.5) is 0 Å². The predicted molar refractivity (Wildman–Crippen MR) is 85.5 cm³/mol. The molecule has 1 N–H and O–H groups in total. The summed E-state index contributed by atoms with van der Waals surface area (Å²) in [6.45, 7) is 4.26. The SMILES string of the molecule is CCc1cc(CNC(=O)C(c2cccnc2)N2CCCC2)on1. The van der Waals surface area contributed by atoms with Crippen LogP contribution in [-0.4, -0.2) is 34.0 Å². The molecule has 1 amide bonds. The molecule has 2 aromatic rings. The first-order valence-electron chi connectivity index (χ1n) is 8.14. The fourth-order valence-corrected chi connectivity index (χ4v) is 2.94. The number of hydrogen-bond acceptors (Lipinski definition) is 5. The molecular formula is C17H22N4O2. The second-order valence-corrected chi connectivity index (χ2v) is 5.79. The number of rotatable bonds is 6. The average molecular weight is 314 g/mol. The van der Waals surface area contributed by atoms with Gasteiger partial charge < -0.3 is 9.84 Å². The summed E-state index contributed by atoms with van der Waals surface area (Å²) in [4.78, 5) is 19.1. The van der Waals surface area contributed by atoms with E-state index in [-0.39, 0.29) is 11.9 Å². The fraction of sp³-hybridized carbons (Fsp3) is 0.471. The summed E-state index contributed by atoms with van der Waals surface area (Å²) < 4.78 is 5.23. The van der Waals surface area contributed by atoms with Crippen LogP contribution in [0.1, 0.15) is 42.8 Å². The van der Waals surface area contributed by atoms with Gasteiger partial charge in [-0.3, -0.25) is 14.7 Å². The van der Waals surface area contributed by atoms with E-state index in [0.717, 1.165) is 43.6 Å². The Morgan fingerprint density at radius 1 is 1.43 bits per heavy atom. The predicted octanol–water partition coefficient (Wildman–Crippen LogP) is 2.09. The van der Waals surface area contributed by atoms with Gasteiger partial charge in [0.05, 0.1) is 12.2 Å². The zero-order valence-electron chi connectivity index (χ0n) is 13.4. The van der Waals surface area contributed by atoms with E-state index in [0.29, 0.717) is 12.3 Å². The molecule has 3 rings (SSSR count). The van der Waals surface area contributed by atoms with Gasteiger partial charge in [-0.2, -0.15) is 0 Å². The van der Waals surface area contributed by atoms with Gasteiger partial charge in [0.2, 0.25) is 5.91 Å². The fourth-order valence-electron chi connectivity index (χ4n) is 2.94. The van der Waals surface area contributed by atoms with Gasteiger partial charge in [-0.1, -0.05) is 18.1 Å². The highest BCUT2D eigenvalue weighted by Gasteiger charge is 2.29. The molecule has 1 aliphatic heterocycles. The van der Waals surface area contributed by atoms with E-state index in [2.05, 4.69) is 20.4 Å². The zero-order chi connectivity index (χ0) is 16.1. The molecule has 122 valence electrons. The van der Waals surface area contributed by atoms with Crippen molar-refractivity contribution in [1.29, 1.82) is 0 Å². The van der Waals surface area contributed by atoms with Gasteiger partial charge in [0.25, 0.3) is 0 Å². The molecule has 0 saturated carbocycles. The van der Waals surface area contributed by atoms with E-state index in [1.165, 1.54) is 0 Å². The third-order valence-electron chi connectivity index (χ3n) is 4.16. The maximum absolute atomic E-state index is 12.7. The molecule has 3 heterocycles. The summed E-state index contributed by atoms with van der Waals surface area (Å²) in [6.07, 6.45) is 6.58. The van der Waals surface area contributed by atoms with E-state index >= 15 is 0 Å². The van der Waals surface area contributed by atoms with Crippen LogP contribution in [0.25, 0.3) is 0 Å². The lowest BCUT2D eigenvalue weighted by Crippen LogP contribution is -2.39. The molecule has 6 heteroatoms. The highest BCUT2D eigenvalue weighted by atomic mass is 16.5. The Labute approximate surface area is 135 Å². The van der Waals surface area contributed by atoms with Crippen LogP contribution in [0.2, 0.25) is 0 Å². The lowest BCUT2D eigenvalue weighted by molar-refractivity contribution is -0.126. The third kappa shape index (κ3) is 3.76. The maximum atomic E-state index is 12.7. The van der Waals surface area contributed by atoms with Crippen molar-refractivity contribution in [3.8, 4) is 0 Å².